The van der Waals surface area contributed by atoms with Crippen LogP contribution in [0, 0.1) is 0 Å². The van der Waals surface area contributed by atoms with Crippen molar-refractivity contribution >= 4 is 23.6 Å². The number of hydrogen-bond donors (Lipinski definition) is 1. The summed E-state index contributed by atoms with van der Waals surface area (Å²) in [5.74, 6) is -3.00. The van der Waals surface area contributed by atoms with Gasteiger partial charge in [-0.15, -0.1) is 0 Å². The fourth-order valence-corrected chi connectivity index (χ4v) is 2.23. The number of thioether (sulfide) groups is 1. The highest BCUT2D eigenvalue weighted by atomic mass is 32.2. The quantitative estimate of drug-likeness (QED) is 0.840. The average molecular weight is 310 g/mol. The van der Waals surface area contributed by atoms with Gasteiger partial charge in [-0.3, -0.25) is 4.79 Å². The highest BCUT2D eigenvalue weighted by Crippen LogP contribution is 2.31. The number of amides is 1. The summed E-state index contributed by atoms with van der Waals surface area (Å²) in [6, 6.07) is 0.775. The molecule has 0 aromatic carbocycles. The Morgan fingerprint density at radius 3 is 2.55 bits per heavy atom. The monoisotopic (exact) mass is 310 g/mol. The molecule has 0 bridgehead atoms. The molecule has 112 valence electrons. The Bertz CT molecular complexity index is 486. The van der Waals surface area contributed by atoms with Gasteiger partial charge in [-0.25, -0.2) is 0 Å². The normalized spacial score (nSPS) is 13.0. The lowest BCUT2D eigenvalue weighted by molar-refractivity contribution is -0.307. The molecule has 0 aliphatic carbocycles. The van der Waals surface area contributed by atoms with Crippen molar-refractivity contribution < 1.29 is 32.3 Å². The maximum absolute atomic E-state index is 12.3. The highest BCUT2D eigenvalue weighted by Gasteiger charge is 2.34. The number of carboxylic acids is 1. The molecule has 0 aliphatic heterocycles. The van der Waals surface area contributed by atoms with Crippen molar-refractivity contribution in [1.29, 1.82) is 0 Å². The molecular weight excluding hydrogens is 299 g/mol. The van der Waals surface area contributed by atoms with Crippen LogP contribution in [0.5, 0.6) is 0 Å². The standard InChI is InChI=1S/C11H12F3NO4S/c1-6(16)15-8(10(17)18)5-20-4-7-2-3-9(19-7)11(12,13)14/h2-3,8H,4-5H2,1H3,(H,15,16)(H,17,18)/p-1. The summed E-state index contributed by atoms with van der Waals surface area (Å²) >= 11 is 1.01. The number of furan rings is 1. The summed E-state index contributed by atoms with van der Waals surface area (Å²) in [5, 5.41) is 12.9. The Kier molecular flexibility index (Phi) is 5.49. The number of carbonyl (C=O) groups is 2. The minimum atomic E-state index is -4.55. The van der Waals surface area contributed by atoms with Gasteiger partial charge in [-0.2, -0.15) is 24.9 Å². The van der Waals surface area contributed by atoms with Gasteiger partial charge in [0.15, 0.2) is 0 Å². The predicted molar refractivity (Wildman–Crippen MR) is 62.5 cm³/mol. The topological polar surface area (TPSA) is 82.4 Å². The van der Waals surface area contributed by atoms with Crippen LogP contribution in [0.15, 0.2) is 16.5 Å². The molecule has 1 unspecified atom stereocenters. The second-order valence-electron chi connectivity index (χ2n) is 3.85. The van der Waals surface area contributed by atoms with Crippen LogP contribution in [0.1, 0.15) is 18.4 Å². The lowest BCUT2D eigenvalue weighted by Crippen LogP contribution is -2.48. The number of aliphatic carboxylic acids is 1. The van der Waals surface area contributed by atoms with Gasteiger partial charge >= 0.3 is 6.18 Å². The molecule has 1 aromatic rings. The second-order valence-corrected chi connectivity index (χ2v) is 4.88. The third kappa shape index (κ3) is 5.16. The molecule has 0 saturated carbocycles. The zero-order valence-electron chi connectivity index (χ0n) is 10.3. The number of nitrogens with one attached hydrogen (secondary N) is 1. The molecular formula is C11H11F3NO4S-. The Labute approximate surface area is 116 Å². The van der Waals surface area contributed by atoms with Crippen molar-refractivity contribution in [2.45, 2.75) is 24.9 Å². The number of hydrogen-bond acceptors (Lipinski definition) is 5. The molecule has 1 N–H and O–H groups in total. The first-order chi connectivity index (χ1) is 9.20. The summed E-state index contributed by atoms with van der Waals surface area (Å²) in [7, 11) is 0. The van der Waals surface area contributed by atoms with Gasteiger partial charge in [0.25, 0.3) is 0 Å². The van der Waals surface area contributed by atoms with E-state index in [0.717, 1.165) is 24.8 Å². The van der Waals surface area contributed by atoms with E-state index in [1.165, 1.54) is 6.07 Å². The van der Waals surface area contributed by atoms with Crippen molar-refractivity contribution in [1.82, 2.24) is 5.32 Å². The van der Waals surface area contributed by atoms with Gasteiger partial charge in [0.2, 0.25) is 11.7 Å². The van der Waals surface area contributed by atoms with Crippen LogP contribution >= 0.6 is 11.8 Å². The summed E-state index contributed by atoms with van der Waals surface area (Å²) in [6.07, 6.45) is -4.55. The van der Waals surface area contributed by atoms with Crippen molar-refractivity contribution in [2.24, 2.45) is 0 Å². The van der Waals surface area contributed by atoms with E-state index in [1.54, 1.807) is 0 Å². The van der Waals surface area contributed by atoms with Crippen LogP contribution in [0.25, 0.3) is 0 Å². The summed E-state index contributed by atoms with van der Waals surface area (Å²) in [5.41, 5.74) is 0. The predicted octanol–water partition coefficient (Wildman–Crippen LogP) is 0.786. The zero-order chi connectivity index (χ0) is 15.3. The smallest absolute Gasteiger partial charge is 0.449 e. The molecule has 0 aliphatic rings. The van der Waals surface area contributed by atoms with E-state index in [9.17, 15) is 27.9 Å². The number of carbonyl (C=O) groups excluding carboxylic acids is 2. The minimum absolute atomic E-state index is 0.0377. The van der Waals surface area contributed by atoms with E-state index in [-0.39, 0.29) is 17.3 Å². The van der Waals surface area contributed by atoms with Crippen molar-refractivity contribution in [2.75, 3.05) is 5.75 Å². The number of alkyl halides is 3. The first-order valence-electron chi connectivity index (χ1n) is 5.41. The zero-order valence-corrected chi connectivity index (χ0v) is 11.1. The Morgan fingerprint density at radius 2 is 2.10 bits per heavy atom. The van der Waals surface area contributed by atoms with E-state index in [2.05, 4.69) is 9.73 Å². The van der Waals surface area contributed by atoms with Crippen LogP contribution < -0.4 is 10.4 Å². The molecule has 5 nitrogen and oxygen atoms in total. The summed E-state index contributed by atoms with van der Waals surface area (Å²) in [6.45, 7) is 1.16. The van der Waals surface area contributed by atoms with E-state index >= 15 is 0 Å². The molecule has 0 radical (unpaired) electrons. The molecule has 1 aromatic heterocycles. The average Bonchev–Trinajstić information content (AvgIpc) is 2.75. The van der Waals surface area contributed by atoms with Gasteiger partial charge in [-0.05, 0) is 12.1 Å². The van der Waals surface area contributed by atoms with Crippen LogP contribution in [0.4, 0.5) is 13.2 Å². The molecule has 1 heterocycles. The summed E-state index contributed by atoms with van der Waals surface area (Å²) < 4.78 is 41.4. The third-order valence-electron chi connectivity index (χ3n) is 2.13. The van der Waals surface area contributed by atoms with E-state index in [4.69, 9.17) is 0 Å². The number of carboxylic acid groups (broad SMARTS) is 1. The Balaban J connectivity index is 2.49. The number of halogens is 3. The molecule has 20 heavy (non-hydrogen) atoms. The van der Waals surface area contributed by atoms with Crippen molar-refractivity contribution in [3.8, 4) is 0 Å². The number of rotatable bonds is 6. The fraction of sp³-hybridized carbons (Fsp3) is 0.455. The Hall–Kier alpha value is -1.64. The lowest BCUT2D eigenvalue weighted by atomic mass is 10.3. The Morgan fingerprint density at radius 1 is 1.45 bits per heavy atom. The van der Waals surface area contributed by atoms with Crippen molar-refractivity contribution in [3.63, 3.8) is 0 Å². The van der Waals surface area contributed by atoms with Crippen LogP contribution in [-0.4, -0.2) is 23.7 Å². The molecule has 1 atom stereocenters. The maximum Gasteiger partial charge on any atom is 0.449 e. The van der Waals surface area contributed by atoms with Gasteiger partial charge in [0.05, 0.1) is 17.8 Å². The van der Waals surface area contributed by atoms with E-state index < -0.39 is 29.9 Å². The second kappa shape index (κ2) is 6.69. The third-order valence-corrected chi connectivity index (χ3v) is 3.19. The van der Waals surface area contributed by atoms with E-state index in [1.807, 2.05) is 0 Å². The van der Waals surface area contributed by atoms with Gasteiger partial charge in [0, 0.05) is 12.7 Å². The SMILES string of the molecule is CC(=O)NC(CSCc1ccc(C(F)(F)F)o1)C(=O)[O-]. The van der Waals surface area contributed by atoms with Gasteiger partial charge < -0.3 is 19.6 Å². The first kappa shape index (κ1) is 16.4. The van der Waals surface area contributed by atoms with Gasteiger partial charge in [0.1, 0.15) is 5.76 Å². The molecule has 9 heteroatoms. The lowest BCUT2D eigenvalue weighted by Gasteiger charge is -2.17. The fourth-order valence-electron chi connectivity index (χ4n) is 1.30. The van der Waals surface area contributed by atoms with Crippen LogP contribution in [-0.2, 0) is 21.5 Å². The molecule has 1 amide bonds. The largest absolute Gasteiger partial charge is 0.548 e. The van der Waals surface area contributed by atoms with E-state index in [0.29, 0.717) is 0 Å². The van der Waals surface area contributed by atoms with Crippen molar-refractivity contribution in [3.05, 3.63) is 23.7 Å². The van der Waals surface area contributed by atoms with Crippen LogP contribution in [0.3, 0.4) is 0 Å². The molecule has 0 fully saturated rings. The first-order valence-corrected chi connectivity index (χ1v) is 6.57. The molecule has 0 saturated heterocycles. The van der Waals surface area contributed by atoms with Crippen LogP contribution in [0.2, 0.25) is 0 Å². The summed E-state index contributed by atoms with van der Waals surface area (Å²) in [4.78, 5) is 21.5. The highest BCUT2D eigenvalue weighted by molar-refractivity contribution is 7.98. The minimum Gasteiger partial charge on any atom is -0.548 e. The molecule has 1 rings (SSSR count). The molecule has 0 spiro atoms. The van der Waals surface area contributed by atoms with Gasteiger partial charge in [-0.1, -0.05) is 0 Å². The maximum atomic E-state index is 12.3.